The molecular formula is C30H23N3O7. The van der Waals surface area contributed by atoms with Gasteiger partial charge in [0.2, 0.25) is 0 Å². The number of nitrogens with zero attached hydrogens (tertiary/aromatic N) is 2. The van der Waals surface area contributed by atoms with Crippen LogP contribution in [0.1, 0.15) is 22.8 Å². The van der Waals surface area contributed by atoms with Gasteiger partial charge >= 0.3 is 5.97 Å². The number of anilines is 1. The Morgan fingerprint density at radius 3 is 2.52 bits per heavy atom. The third-order valence-corrected chi connectivity index (χ3v) is 5.81. The summed E-state index contributed by atoms with van der Waals surface area (Å²) < 4.78 is 16.3. The number of fused-ring (bicyclic) bond motifs is 1. The summed E-state index contributed by atoms with van der Waals surface area (Å²) in [5, 5.41) is 25.1. The van der Waals surface area contributed by atoms with E-state index in [-0.39, 0.29) is 40.8 Å². The standard InChI is InChI=1S/C30H23N3O7/c1-3-39-28-16-19(11-14-27(28)40-30(35)24-10-6-8-20-7-4-5-9-23(20)24)15-21(18-31)29(34)32-25-13-12-22(38-2)17-26(25)33(36)37/h4-17H,3H2,1-2H3,(H,32,34)/b21-15+. The molecule has 0 atom stereocenters. The molecule has 4 aromatic carbocycles. The molecule has 40 heavy (non-hydrogen) atoms. The number of rotatable bonds is 9. The molecule has 0 heterocycles. The van der Waals surface area contributed by atoms with Crippen LogP contribution >= 0.6 is 0 Å². The Hall–Kier alpha value is -5.69. The quantitative estimate of drug-likeness (QED) is 0.0693. The minimum Gasteiger partial charge on any atom is -0.496 e. The lowest BCUT2D eigenvalue weighted by atomic mass is 10.0. The predicted molar refractivity (Wildman–Crippen MR) is 148 cm³/mol. The van der Waals surface area contributed by atoms with Gasteiger partial charge in [-0.1, -0.05) is 42.5 Å². The van der Waals surface area contributed by atoms with Crippen molar-refractivity contribution in [3.63, 3.8) is 0 Å². The summed E-state index contributed by atoms with van der Waals surface area (Å²) >= 11 is 0. The molecule has 10 heteroatoms. The van der Waals surface area contributed by atoms with Gasteiger partial charge < -0.3 is 19.5 Å². The first-order chi connectivity index (χ1) is 19.3. The lowest BCUT2D eigenvalue weighted by Gasteiger charge is -2.12. The topological polar surface area (TPSA) is 141 Å². The number of hydrogen-bond donors (Lipinski definition) is 1. The van der Waals surface area contributed by atoms with E-state index in [2.05, 4.69) is 5.32 Å². The first-order valence-corrected chi connectivity index (χ1v) is 12.1. The zero-order chi connectivity index (χ0) is 28.6. The van der Waals surface area contributed by atoms with Gasteiger partial charge in [-0.3, -0.25) is 14.9 Å². The van der Waals surface area contributed by atoms with Gasteiger partial charge in [-0.05, 0) is 59.7 Å². The summed E-state index contributed by atoms with van der Waals surface area (Å²) in [5.74, 6) is -0.785. The first kappa shape index (κ1) is 27.3. The normalized spacial score (nSPS) is 10.9. The number of nitro benzene ring substituents is 1. The molecule has 0 saturated carbocycles. The van der Waals surface area contributed by atoms with Crippen LogP contribution in [0.2, 0.25) is 0 Å². The number of methoxy groups -OCH3 is 1. The highest BCUT2D eigenvalue weighted by atomic mass is 16.6. The average molecular weight is 538 g/mol. The van der Waals surface area contributed by atoms with E-state index in [0.29, 0.717) is 11.1 Å². The Morgan fingerprint density at radius 1 is 1.02 bits per heavy atom. The van der Waals surface area contributed by atoms with Gasteiger partial charge in [0.25, 0.3) is 11.6 Å². The Kier molecular flexibility index (Phi) is 8.37. The van der Waals surface area contributed by atoms with Gasteiger partial charge in [0.1, 0.15) is 23.1 Å². The molecule has 4 aromatic rings. The number of esters is 1. The summed E-state index contributed by atoms with van der Waals surface area (Å²) in [6.07, 6.45) is 1.30. The van der Waals surface area contributed by atoms with E-state index in [1.165, 1.54) is 37.5 Å². The van der Waals surface area contributed by atoms with Crippen molar-refractivity contribution >= 4 is 40.1 Å². The van der Waals surface area contributed by atoms with Gasteiger partial charge in [-0.2, -0.15) is 5.26 Å². The Bertz CT molecular complexity index is 1680. The van der Waals surface area contributed by atoms with Crippen molar-refractivity contribution < 1.29 is 28.7 Å². The number of ether oxygens (including phenoxy) is 3. The fourth-order valence-corrected chi connectivity index (χ4v) is 3.93. The fourth-order valence-electron chi connectivity index (χ4n) is 3.93. The van der Waals surface area contributed by atoms with E-state index in [1.807, 2.05) is 30.3 Å². The second-order valence-electron chi connectivity index (χ2n) is 8.32. The Labute approximate surface area is 229 Å². The molecule has 0 bridgehead atoms. The second-order valence-corrected chi connectivity index (χ2v) is 8.32. The fraction of sp³-hybridized carbons (Fsp3) is 0.100. The summed E-state index contributed by atoms with van der Waals surface area (Å²) in [5.41, 5.74) is 0.00151. The van der Waals surface area contributed by atoms with Crippen molar-refractivity contribution in [1.82, 2.24) is 0 Å². The van der Waals surface area contributed by atoms with Crippen molar-refractivity contribution in [1.29, 1.82) is 5.26 Å². The molecule has 0 aliphatic carbocycles. The van der Waals surface area contributed by atoms with Crippen LogP contribution in [0.4, 0.5) is 11.4 Å². The molecular weight excluding hydrogens is 514 g/mol. The average Bonchev–Trinajstić information content (AvgIpc) is 2.96. The Balaban J connectivity index is 1.59. The maximum Gasteiger partial charge on any atom is 0.344 e. The highest BCUT2D eigenvalue weighted by molar-refractivity contribution is 6.10. The monoisotopic (exact) mass is 537 g/mol. The van der Waals surface area contributed by atoms with E-state index in [9.17, 15) is 25.0 Å². The number of amides is 1. The van der Waals surface area contributed by atoms with Crippen LogP contribution in [-0.4, -0.2) is 30.5 Å². The highest BCUT2D eigenvalue weighted by Crippen LogP contribution is 2.32. The number of nitrogens with one attached hydrogen (secondary N) is 1. The molecule has 10 nitrogen and oxygen atoms in total. The Morgan fingerprint density at radius 2 is 1.80 bits per heavy atom. The van der Waals surface area contributed by atoms with E-state index in [1.54, 1.807) is 31.2 Å². The minimum absolute atomic E-state index is 0.0948. The predicted octanol–water partition coefficient (Wildman–Crippen LogP) is 5.92. The number of benzene rings is 4. The molecule has 0 aromatic heterocycles. The van der Waals surface area contributed by atoms with Crippen molar-refractivity contribution in [2.24, 2.45) is 0 Å². The summed E-state index contributed by atoms with van der Waals surface area (Å²) in [4.78, 5) is 36.6. The van der Waals surface area contributed by atoms with Crippen LogP contribution in [0.25, 0.3) is 16.8 Å². The van der Waals surface area contributed by atoms with Gasteiger partial charge in [-0.25, -0.2) is 4.79 Å². The maximum atomic E-state index is 13.0. The smallest absolute Gasteiger partial charge is 0.344 e. The van der Waals surface area contributed by atoms with Crippen molar-refractivity contribution in [3.8, 4) is 23.3 Å². The molecule has 0 aliphatic rings. The number of nitro groups is 1. The third-order valence-electron chi connectivity index (χ3n) is 5.81. The molecule has 0 saturated heterocycles. The number of carbonyl (C=O) groups excluding carboxylic acids is 2. The van der Waals surface area contributed by atoms with Crippen LogP contribution in [0.15, 0.2) is 84.4 Å². The highest BCUT2D eigenvalue weighted by Gasteiger charge is 2.20. The molecule has 200 valence electrons. The SMILES string of the molecule is CCOc1cc(/C=C(\C#N)C(=O)Nc2ccc(OC)cc2[N+](=O)[O-])ccc1OC(=O)c1cccc2ccccc12. The number of carbonyl (C=O) groups is 2. The molecule has 4 rings (SSSR count). The lowest BCUT2D eigenvalue weighted by molar-refractivity contribution is -0.384. The van der Waals surface area contributed by atoms with Crippen LogP contribution in [-0.2, 0) is 4.79 Å². The molecule has 0 fully saturated rings. The van der Waals surface area contributed by atoms with Crippen LogP contribution in [0.5, 0.6) is 17.2 Å². The van der Waals surface area contributed by atoms with E-state index >= 15 is 0 Å². The summed E-state index contributed by atoms with van der Waals surface area (Å²) in [6.45, 7) is 2.02. The second kappa shape index (κ2) is 12.2. The van der Waals surface area contributed by atoms with Gasteiger partial charge in [0, 0.05) is 0 Å². The van der Waals surface area contributed by atoms with E-state index < -0.39 is 16.8 Å². The maximum absolute atomic E-state index is 13.0. The van der Waals surface area contributed by atoms with Gasteiger partial charge in [0.05, 0.1) is 30.3 Å². The van der Waals surface area contributed by atoms with Crippen LogP contribution in [0.3, 0.4) is 0 Å². The van der Waals surface area contributed by atoms with E-state index in [0.717, 1.165) is 16.8 Å². The number of hydrogen-bond acceptors (Lipinski definition) is 8. The molecule has 0 aliphatic heterocycles. The summed E-state index contributed by atoms with van der Waals surface area (Å²) in [6, 6.07) is 23.1. The minimum atomic E-state index is -0.847. The first-order valence-electron chi connectivity index (χ1n) is 12.1. The molecule has 0 spiro atoms. The summed E-state index contributed by atoms with van der Waals surface area (Å²) in [7, 11) is 1.36. The van der Waals surface area contributed by atoms with Crippen molar-refractivity contribution in [2.45, 2.75) is 6.92 Å². The number of nitriles is 1. The third kappa shape index (κ3) is 6.06. The van der Waals surface area contributed by atoms with E-state index in [4.69, 9.17) is 14.2 Å². The van der Waals surface area contributed by atoms with Crippen molar-refractivity contribution in [3.05, 3.63) is 106 Å². The van der Waals surface area contributed by atoms with Gasteiger partial charge in [0.15, 0.2) is 11.5 Å². The molecule has 1 N–H and O–H groups in total. The zero-order valence-corrected chi connectivity index (χ0v) is 21.5. The van der Waals surface area contributed by atoms with Crippen LogP contribution in [0, 0.1) is 21.4 Å². The van der Waals surface area contributed by atoms with Crippen LogP contribution < -0.4 is 19.5 Å². The molecule has 0 unspecified atom stereocenters. The molecule has 0 radical (unpaired) electrons. The van der Waals surface area contributed by atoms with Gasteiger partial charge in [-0.15, -0.1) is 0 Å². The molecule has 1 amide bonds. The van der Waals surface area contributed by atoms with Crippen molar-refractivity contribution in [2.75, 3.05) is 19.0 Å². The lowest BCUT2D eigenvalue weighted by Crippen LogP contribution is -2.14. The largest absolute Gasteiger partial charge is 0.496 e. The zero-order valence-electron chi connectivity index (χ0n) is 21.5.